The van der Waals surface area contributed by atoms with Crippen molar-refractivity contribution in [3.63, 3.8) is 0 Å². The molecule has 27 heavy (non-hydrogen) atoms. The number of hydrogen-bond acceptors (Lipinski definition) is 3. The van der Waals surface area contributed by atoms with Crippen molar-refractivity contribution in [3.8, 4) is 0 Å². The number of pyridine rings is 1. The SMILES string of the molecule is CN(CCc1ccccc1)C1CCCN(C(=O)N2CCc3ncccc32)C1. The van der Waals surface area contributed by atoms with E-state index in [2.05, 4.69) is 47.3 Å². The lowest BCUT2D eigenvalue weighted by Crippen LogP contribution is -2.52. The molecule has 2 aromatic rings. The van der Waals surface area contributed by atoms with E-state index in [0.717, 1.165) is 63.2 Å². The Morgan fingerprint density at radius 1 is 1.19 bits per heavy atom. The van der Waals surface area contributed by atoms with Crippen molar-refractivity contribution < 1.29 is 4.79 Å². The van der Waals surface area contributed by atoms with Gasteiger partial charge < -0.3 is 9.80 Å². The number of nitrogens with zero attached hydrogens (tertiary/aromatic N) is 4. The summed E-state index contributed by atoms with van der Waals surface area (Å²) in [6.07, 6.45) is 5.95. The molecular formula is C22H28N4O. The van der Waals surface area contributed by atoms with Gasteiger partial charge in [0.25, 0.3) is 0 Å². The second kappa shape index (κ2) is 8.09. The highest BCUT2D eigenvalue weighted by Gasteiger charge is 2.32. The third-order valence-electron chi connectivity index (χ3n) is 5.85. The third kappa shape index (κ3) is 3.98. The van der Waals surface area contributed by atoms with Gasteiger partial charge in [0.2, 0.25) is 0 Å². The molecule has 0 radical (unpaired) electrons. The van der Waals surface area contributed by atoms with Crippen LogP contribution in [-0.2, 0) is 12.8 Å². The van der Waals surface area contributed by atoms with Gasteiger partial charge in [-0.3, -0.25) is 9.88 Å². The molecule has 2 aliphatic rings. The normalized spacial score (nSPS) is 19.4. The van der Waals surface area contributed by atoms with E-state index >= 15 is 0 Å². The maximum atomic E-state index is 13.1. The molecule has 1 unspecified atom stereocenters. The number of benzene rings is 1. The van der Waals surface area contributed by atoms with Crippen molar-refractivity contribution in [2.24, 2.45) is 0 Å². The van der Waals surface area contributed by atoms with Crippen LogP contribution in [0.25, 0.3) is 0 Å². The first-order valence-electron chi connectivity index (χ1n) is 9.97. The van der Waals surface area contributed by atoms with Crippen LogP contribution in [0.4, 0.5) is 10.5 Å². The summed E-state index contributed by atoms with van der Waals surface area (Å²) >= 11 is 0. The Morgan fingerprint density at radius 2 is 2.04 bits per heavy atom. The van der Waals surface area contributed by atoms with Crippen LogP contribution in [0, 0.1) is 0 Å². The number of anilines is 1. The average Bonchev–Trinajstić information content (AvgIpc) is 3.16. The molecule has 0 bridgehead atoms. The van der Waals surface area contributed by atoms with Gasteiger partial charge in [-0.05, 0) is 44.0 Å². The van der Waals surface area contributed by atoms with Gasteiger partial charge in [0.05, 0.1) is 11.4 Å². The largest absolute Gasteiger partial charge is 0.324 e. The van der Waals surface area contributed by atoms with Gasteiger partial charge in [0.15, 0.2) is 0 Å². The van der Waals surface area contributed by atoms with Gasteiger partial charge in [-0.1, -0.05) is 30.3 Å². The van der Waals surface area contributed by atoms with Crippen molar-refractivity contribution in [1.29, 1.82) is 0 Å². The van der Waals surface area contributed by atoms with Crippen molar-refractivity contribution in [1.82, 2.24) is 14.8 Å². The first-order valence-corrected chi connectivity index (χ1v) is 9.97. The number of carbonyl (C=O) groups is 1. The lowest BCUT2D eigenvalue weighted by Gasteiger charge is -2.39. The maximum Gasteiger partial charge on any atom is 0.324 e. The lowest BCUT2D eigenvalue weighted by atomic mass is 10.0. The summed E-state index contributed by atoms with van der Waals surface area (Å²) < 4.78 is 0. The monoisotopic (exact) mass is 364 g/mol. The molecule has 2 aliphatic heterocycles. The second-order valence-corrected chi connectivity index (χ2v) is 7.61. The zero-order chi connectivity index (χ0) is 18.6. The fourth-order valence-electron chi connectivity index (χ4n) is 4.20. The van der Waals surface area contributed by atoms with Crippen LogP contribution in [0.15, 0.2) is 48.7 Å². The van der Waals surface area contributed by atoms with E-state index in [0.29, 0.717) is 6.04 Å². The summed E-state index contributed by atoms with van der Waals surface area (Å²) in [5.74, 6) is 0. The summed E-state index contributed by atoms with van der Waals surface area (Å²) in [7, 11) is 2.19. The molecule has 0 aliphatic carbocycles. The molecular weight excluding hydrogens is 336 g/mol. The summed E-state index contributed by atoms with van der Waals surface area (Å²) in [6, 6.07) is 15.1. The maximum absolute atomic E-state index is 13.1. The van der Waals surface area contributed by atoms with Crippen LogP contribution in [0.2, 0.25) is 0 Å². The van der Waals surface area contributed by atoms with Gasteiger partial charge in [-0.25, -0.2) is 4.79 Å². The number of carbonyl (C=O) groups excluding carboxylic acids is 1. The van der Waals surface area contributed by atoms with Crippen molar-refractivity contribution in [3.05, 3.63) is 59.9 Å². The Kier molecular flexibility index (Phi) is 5.39. The summed E-state index contributed by atoms with van der Waals surface area (Å²) in [6.45, 7) is 3.44. The van der Waals surface area contributed by atoms with Gasteiger partial charge in [0, 0.05) is 44.8 Å². The van der Waals surface area contributed by atoms with Crippen LogP contribution in [0.5, 0.6) is 0 Å². The molecule has 2 amide bonds. The van der Waals surface area contributed by atoms with E-state index in [9.17, 15) is 4.79 Å². The average molecular weight is 364 g/mol. The molecule has 4 rings (SSSR count). The number of aromatic nitrogens is 1. The Hall–Kier alpha value is -2.40. The highest BCUT2D eigenvalue weighted by Crippen LogP contribution is 2.27. The molecule has 1 saturated heterocycles. The van der Waals surface area contributed by atoms with E-state index in [1.165, 1.54) is 5.56 Å². The summed E-state index contributed by atoms with van der Waals surface area (Å²) in [5, 5.41) is 0. The Balaban J connectivity index is 1.36. The van der Waals surface area contributed by atoms with Gasteiger partial charge >= 0.3 is 6.03 Å². The fourth-order valence-corrected chi connectivity index (χ4v) is 4.20. The standard InChI is InChI=1S/C22H28N4O/c1-24(15-11-18-7-3-2-4-8-18)19-9-6-14-25(17-19)22(27)26-16-12-20-21(26)10-5-13-23-20/h2-5,7-8,10,13,19H,6,9,11-12,14-17H2,1H3. The van der Waals surface area contributed by atoms with Gasteiger partial charge in [0.1, 0.15) is 0 Å². The van der Waals surface area contributed by atoms with Crippen molar-refractivity contribution in [2.45, 2.75) is 31.7 Å². The topological polar surface area (TPSA) is 39.7 Å². The molecule has 1 aromatic heterocycles. The Labute approximate surface area is 161 Å². The number of rotatable bonds is 4. The molecule has 5 nitrogen and oxygen atoms in total. The van der Waals surface area contributed by atoms with Crippen molar-refractivity contribution in [2.75, 3.05) is 38.1 Å². The third-order valence-corrected chi connectivity index (χ3v) is 5.85. The fraction of sp³-hybridized carbons (Fsp3) is 0.455. The van der Waals surface area contributed by atoms with E-state index < -0.39 is 0 Å². The van der Waals surface area contributed by atoms with E-state index in [1.54, 1.807) is 0 Å². The van der Waals surface area contributed by atoms with E-state index in [1.807, 2.05) is 28.1 Å². The number of piperidine rings is 1. The zero-order valence-electron chi connectivity index (χ0n) is 16.1. The number of hydrogen-bond donors (Lipinski definition) is 0. The first-order chi connectivity index (χ1) is 13.2. The van der Waals surface area contributed by atoms with Crippen molar-refractivity contribution >= 4 is 11.7 Å². The Bertz CT molecular complexity index is 779. The van der Waals surface area contributed by atoms with E-state index in [4.69, 9.17) is 0 Å². The van der Waals surface area contributed by atoms with Crippen LogP contribution < -0.4 is 4.90 Å². The number of urea groups is 1. The number of amides is 2. The predicted octanol–water partition coefficient (Wildman–Crippen LogP) is 3.20. The summed E-state index contributed by atoms with van der Waals surface area (Å²) in [4.78, 5) is 23.9. The molecule has 3 heterocycles. The number of likely N-dealkylation sites (tertiary alicyclic amines) is 1. The first kappa shape index (κ1) is 18.0. The zero-order valence-corrected chi connectivity index (χ0v) is 16.1. The van der Waals surface area contributed by atoms with Crippen LogP contribution in [0.3, 0.4) is 0 Å². The molecule has 5 heteroatoms. The van der Waals surface area contributed by atoms with Crippen LogP contribution in [-0.4, -0.2) is 60.1 Å². The molecule has 142 valence electrons. The molecule has 0 N–H and O–H groups in total. The minimum atomic E-state index is 0.142. The second-order valence-electron chi connectivity index (χ2n) is 7.61. The number of fused-ring (bicyclic) bond motifs is 1. The highest BCUT2D eigenvalue weighted by atomic mass is 16.2. The molecule has 0 saturated carbocycles. The predicted molar refractivity (Wildman–Crippen MR) is 108 cm³/mol. The minimum absolute atomic E-state index is 0.142. The van der Waals surface area contributed by atoms with Gasteiger partial charge in [-0.2, -0.15) is 0 Å². The molecule has 1 aromatic carbocycles. The minimum Gasteiger partial charge on any atom is -0.323 e. The molecule has 0 spiro atoms. The van der Waals surface area contributed by atoms with Crippen LogP contribution >= 0.6 is 0 Å². The highest BCUT2D eigenvalue weighted by molar-refractivity contribution is 5.93. The molecule has 1 atom stereocenters. The number of likely N-dealkylation sites (N-methyl/N-ethyl adjacent to an activating group) is 1. The Morgan fingerprint density at radius 3 is 2.89 bits per heavy atom. The molecule has 1 fully saturated rings. The lowest BCUT2D eigenvalue weighted by molar-refractivity contribution is 0.130. The van der Waals surface area contributed by atoms with Crippen LogP contribution in [0.1, 0.15) is 24.1 Å². The van der Waals surface area contributed by atoms with Gasteiger partial charge in [-0.15, -0.1) is 0 Å². The smallest absolute Gasteiger partial charge is 0.323 e. The van der Waals surface area contributed by atoms with E-state index in [-0.39, 0.29) is 6.03 Å². The quantitative estimate of drug-likeness (QED) is 0.836. The summed E-state index contributed by atoms with van der Waals surface area (Å²) in [5.41, 5.74) is 3.40.